The zero-order valence-corrected chi connectivity index (χ0v) is 10.8. The van der Waals surface area contributed by atoms with E-state index in [0.29, 0.717) is 12.8 Å². The third-order valence-electron chi connectivity index (χ3n) is 2.80. The number of aliphatic carboxylic acids is 1. The molecule has 0 aromatic carbocycles. The van der Waals surface area contributed by atoms with Gasteiger partial charge in [-0.2, -0.15) is 17.4 Å². The highest BCUT2D eigenvalue weighted by Gasteiger charge is 2.37. The summed E-state index contributed by atoms with van der Waals surface area (Å²) in [4.78, 5) is 21.8. The second kappa shape index (κ2) is 5.63. The Morgan fingerprint density at radius 3 is 2.56 bits per heavy atom. The van der Waals surface area contributed by atoms with Crippen LogP contribution in [0.3, 0.4) is 0 Å². The molecule has 2 atom stereocenters. The van der Waals surface area contributed by atoms with Crippen molar-refractivity contribution in [2.24, 2.45) is 5.73 Å². The standard InChI is InChI=1S/C9H17N3O5S/c1-6(8(10)13)11-18(16,17)12-5-3-2-4-7(12)9(14)15/h6-7,11H,2-5H2,1H3,(H2,10,13)(H,14,15). The third-order valence-corrected chi connectivity index (χ3v) is 4.51. The minimum absolute atomic E-state index is 0.123. The van der Waals surface area contributed by atoms with Crippen LogP contribution in [0.5, 0.6) is 0 Å². The zero-order valence-electron chi connectivity index (χ0n) is 10.00. The van der Waals surface area contributed by atoms with Crippen molar-refractivity contribution < 1.29 is 23.1 Å². The average Bonchev–Trinajstić information content (AvgIpc) is 2.28. The minimum atomic E-state index is -4.02. The predicted molar refractivity (Wildman–Crippen MR) is 62.7 cm³/mol. The topological polar surface area (TPSA) is 130 Å². The van der Waals surface area contributed by atoms with E-state index < -0.39 is 34.2 Å². The number of nitrogens with zero attached hydrogens (tertiary/aromatic N) is 1. The maximum atomic E-state index is 12.0. The molecule has 8 nitrogen and oxygen atoms in total. The molecule has 1 saturated heterocycles. The molecule has 0 radical (unpaired) electrons. The Kier molecular flexibility index (Phi) is 4.65. The number of amides is 1. The maximum Gasteiger partial charge on any atom is 0.322 e. The average molecular weight is 279 g/mol. The fourth-order valence-electron chi connectivity index (χ4n) is 1.79. The number of carboxylic acid groups (broad SMARTS) is 1. The van der Waals surface area contributed by atoms with E-state index >= 15 is 0 Å². The van der Waals surface area contributed by atoms with Gasteiger partial charge in [-0.1, -0.05) is 0 Å². The van der Waals surface area contributed by atoms with Crippen LogP contribution in [0.1, 0.15) is 26.2 Å². The summed E-state index contributed by atoms with van der Waals surface area (Å²) in [6, 6.07) is -2.16. The molecule has 18 heavy (non-hydrogen) atoms. The lowest BCUT2D eigenvalue weighted by atomic mass is 10.1. The molecule has 104 valence electrons. The van der Waals surface area contributed by atoms with Crippen molar-refractivity contribution in [3.05, 3.63) is 0 Å². The molecule has 1 fully saturated rings. The Hall–Kier alpha value is -1.19. The van der Waals surface area contributed by atoms with E-state index in [1.165, 1.54) is 6.92 Å². The summed E-state index contributed by atoms with van der Waals surface area (Å²) in [5.74, 6) is -2.01. The molecular formula is C9H17N3O5S. The van der Waals surface area contributed by atoms with Crippen LogP contribution in [-0.2, 0) is 19.8 Å². The van der Waals surface area contributed by atoms with Gasteiger partial charge in [-0.3, -0.25) is 9.59 Å². The van der Waals surface area contributed by atoms with Crippen molar-refractivity contribution in [2.75, 3.05) is 6.54 Å². The van der Waals surface area contributed by atoms with Crippen molar-refractivity contribution in [1.29, 1.82) is 0 Å². The lowest BCUT2D eigenvalue weighted by Crippen LogP contribution is -2.55. The number of primary amides is 1. The number of rotatable bonds is 5. The SMILES string of the molecule is CC(NS(=O)(=O)N1CCCCC1C(=O)O)C(N)=O. The normalized spacial score (nSPS) is 23.5. The van der Waals surface area contributed by atoms with Crippen molar-refractivity contribution in [3.8, 4) is 0 Å². The number of piperidine rings is 1. The molecule has 0 saturated carbocycles. The molecule has 4 N–H and O–H groups in total. The first-order chi connectivity index (χ1) is 8.25. The first-order valence-electron chi connectivity index (χ1n) is 5.57. The number of nitrogens with one attached hydrogen (secondary N) is 1. The van der Waals surface area contributed by atoms with Crippen LogP contribution in [0.25, 0.3) is 0 Å². The summed E-state index contributed by atoms with van der Waals surface area (Å²) >= 11 is 0. The molecule has 0 aromatic heterocycles. The van der Waals surface area contributed by atoms with Gasteiger partial charge < -0.3 is 10.8 Å². The molecule has 0 spiro atoms. The number of hydrogen-bond acceptors (Lipinski definition) is 4. The molecule has 0 aliphatic carbocycles. The van der Waals surface area contributed by atoms with Crippen LogP contribution < -0.4 is 10.5 Å². The number of nitrogens with two attached hydrogens (primary N) is 1. The van der Waals surface area contributed by atoms with Crippen molar-refractivity contribution >= 4 is 22.1 Å². The Labute approximate surface area is 105 Å². The van der Waals surface area contributed by atoms with Crippen LogP contribution in [0.2, 0.25) is 0 Å². The summed E-state index contributed by atoms with van der Waals surface area (Å²) in [6.07, 6.45) is 1.52. The quantitative estimate of drug-likeness (QED) is 0.572. The smallest absolute Gasteiger partial charge is 0.322 e. The van der Waals surface area contributed by atoms with Gasteiger partial charge in [0.05, 0.1) is 6.04 Å². The van der Waals surface area contributed by atoms with E-state index in [4.69, 9.17) is 10.8 Å². The molecule has 1 rings (SSSR count). The van der Waals surface area contributed by atoms with E-state index in [1.807, 2.05) is 0 Å². The van der Waals surface area contributed by atoms with Crippen molar-refractivity contribution in [2.45, 2.75) is 38.3 Å². The van der Waals surface area contributed by atoms with Gasteiger partial charge in [-0.25, -0.2) is 0 Å². The van der Waals surface area contributed by atoms with Gasteiger partial charge in [0.1, 0.15) is 6.04 Å². The minimum Gasteiger partial charge on any atom is -0.480 e. The van der Waals surface area contributed by atoms with Crippen LogP contribution in [0.4, 0.5) is 0 Å². The molecule has 2 unspecified atom stereocenters. The fraction of sp³-hybridized carbons (Fsp3) is 0.778. The number of hydrogen-bond donors (Lipinski definition) is 3. The van der Waals surface area contributed by atoms with Gasteiger partial charge >= 0.3 is 5.97 Å². The van der Waals surface area contributed by atoms with E-state index in [-0.39, 0.29) is 13.0 Å². The molecule has 1 aliphatic rings. The Balaban J connectivity index is 2.88. The fourth-order valence-corrected chi connectivity index (χ4v) is 3.39. The Morgan fingerprint density at radius 2 is 2.06 bits per heavy atom. The van der Waals surface area contributed by atoms with E-state index in [0.717, 1.165) is 4.31 Å². The highest BCUT2D eigenvalue weighted by atomic mass is 32.2. The van der Waals surface area contributed by atoms with Gasteiger partial charge in [0.25, 0.3) is 10.2 Å². The molecule has 0 bridgehead atoms. The summed E-state index contributed by atoms with van der Waals surface area (Å²) in [7, 11) is -4.02. The van der Waals surface area contributed by atoms with Crippen LogP contribution in [0, 0.1) is 0 Å². The van der Waals surface area contributed by atoms with Crippen molar-refractivity contribution in [1.82, 2.24) is 9.03 Å². The molecule has 1 amide bonds. The van der Waals surface area contributed by atoms with Crippen LogP contribution in [-0.4, -0.2) is 48.3 Å². The Bertz CT molecular complexity index is 435. The first kappa shape index (κ1) is 14.9. The van der Waals surface area contributed by atoms with Gasteiger partial charge in [0, 0.05) is 6.54 Å². The summed E-state index contributed by atoms with van der Waals surface area (Å²) in [5, 5.41) is 8.99. The lowest BCUT2D eigenvalue weighted by molar-refractivity contribution is -0.142. The summed E-state index contributed by atoms with van der Waals surface area (Å²) < 4.78 is 26.9. The van der Waals surface area contributed by atoms with E-state index in [1.54, 1.807) is 0 Å². The van der Waals surface area contributed by atoms with Gasteiger partial charge in [-0.15, -0.1) is 0 Å². The second-order valence-electron chi connectivity index (χ2n) is 4.21. The summed E-state index contributed by atoms with van der Waals surface area (Å²) in [5.41, 5.74) is 4.97. The molecular weight excluding hydrogens is 262 g/mol. The van der Waals surface area contributed by atoms with Crippen LogP contribution >= 0.6 is 0 Å². The monoisotopic (exact) mass is 279 g/mol. The maximum absolute atomic E-state index is 12.0. The highest BCUT2D eigenvalue weighted by molar-refractivity contribution is 7.87. The summed E-state index contributed by atoms with van der Waals surface area (Å²) in [6.45, 7) is 1.43. The Morgan fingerprint density at radius 1 is 1.44 bits per heavy atom. The number of carbonyl (C=O) groups excluding carboxylic acids is 1. The lowest BCUT2D eigenvalue weighted by Gasteiger charge is -2.32. The molecule has 9 heteroatoms. The van der Waals surface area contributed by atoms with E-state index in [2.05, 4.69) is 4.72 Å². The molecule has 0 aromatic rings. The first-order valence-corrected chi connectivity index (χ1v) is 7.01. The van der Waals surface area contributed by atoms with Gasteiger partial charge in [0.2, 0.25) is 5.91 Å². The van der Waals surface area contributed by atoms with Gasteiger partial charge in [-0.05, 0) is 26.2 Å². The zero-order chi connectivity index (χ0) is 13.9. The largest absolute Gasteiger partial charge is 0.480 e. The second-order valence-corrected chi connectivity index (χ2v) is 5.86. The van der Waals surface area contributed by atoms with Crippen LogP contribution in [0.15, 0.2) is 0 Å². The highest BCUT2D eigenvalue weighted by Crippen LogP contribution is 2.20. The number of carbonyl (C=O) groups is 2. The van der Waals surface area contributed by atoms with Crippen molar-refractivity contribution in [3.63, 3.8) is 0 Å². The predicted octanol–water partition coefficient (Wildman–Crippen LogP) is -1.37. The van der Waals surface area contributed by atoms with E-state index in [9.17, 15) is 18.0 Å². The number of carboxylic acids is 1. The van der Waals surface area contributed by atoms with Gasteiger partial charge in [0.15, 0.2) is 0 Å². The third kappa shape index (κ3) is 3.40. The molecule has 1 heterocycles. The molecule has 1 aliphatic heterocycles.